The number of hydrogen-bond acceptors (Lipinski definition) is 3. The van der Waals surface area contributed by atoms with Crippen LogP contribution in [0.4, 0.5) is 0 Å². The van der Waals surface area contributed by atoms with Crippen molar-refractivity contribution in [1.29, 1.82) is 0 Å². The van der Waals surface area contributed by atoms with E-state index >= 15 is 0 Å². The lowest BCUT2D eigenvalue weighted by atomic mass is 10.2. The first-order valence-electron chi connectivity index (χ1n) is 3.77. The molecule has 1 aromatic carbocycles. The Balaban J connectivity index is 0.000000845. The van der Waals surface area contributed by atoms with Gasteiger partial charge < -0.3 is 14.2 Å². The molecule has 2 rings (SSSR count). The number of ether oxygens (including phenoxy) is 3. The van der Waals surface area contributed by atoms with Crippen molar-refractivity contribution < 1.29 is 14.2 Å². The van der Waals surface area contributed by atoms with E-state index in [-0.39, 0.29) is 7.43 Å². The van der Waals surface area contributed by atoms with Crippen molar-refractivity contribution in [2.45, 2.75) is 14.0 Å². The van der Waals surface area contributed by atoms with Crippen LogP contribution in [0.2, 0.25) is 0 Å². The highest BCUT2D eigenvalue weighted by molar-refractivity contribution is 5.44. The van der Waals surface area contributed by atoms with Crippen molar-refractivity contribution in [2.75, 3.05) is 13.9 Å². The van der Waals surface area contributed by atoms with Gasteiger partial charge in [-0.05, 0) is 17.7 Å². The van der Waals surface area contributed by atoms with E-state index < -0.39 is 0 Å². The zero-order valence-electron chi connectivity index (χ0n) is 6.87. The molecule has 72 valence electrons. The molecule has 0 aromatic heterocycles. The fourth-order valence-electron chi connectivity index (χ4n) is 1.20. The summed E-state index contributed by atoms with van der Waals surface area (Å²) in [5.41, 5.74) is 1.10. The molecular formula is C10H14O3. The Morgan fingerprint density at radius 3 is 2.85 bits per heavy atom. The van der Waals surface area contributed by atoms with Crippen LogP contribution in [-0.2, 0) is 11.3 Å². The summed E-state index contributed by atoms with van der Waals surface area (Å²) in [6.07, 6.45) is 0. The number of rotatable bonds is 2. The van der Waals surface area contributed by atoms with Crippen molar-refractivity contribution >= 4 is 0 Å². The third-order valence-electron chi connectivity index (χ3n) is 1.75. The Morgan fingerprint density at radius 1 is 1.31 bits per heavy atom. The van der Waals surface area contributed by atoms with Gasteiger partial charge in [-0.3, -0.25) is 0 Å². The standard InChI is InChI=1S/C9H10O3.CH4/c1-10-5-7-2-3-8-9(4-7)12-6-11-8;/h2-4H,5-6H2,1H3;1H4. The monoisotopic (exact) mass is 182 g/mol. The third kappa shape index (κ3) is 1.92. The molecule has 0 bridgehead atoms. The highest BCUT2D eigenvalue weighted by Crippen LogP contribution is 2.32. The predicted octanol–water partition coefficient (Wildman–Crippen LogP) is 2.20. The lowest BCUT2D eigenvalue weighted by molar-refractivity contribution is 0.173. The maximum Gasteiger partial charge on any atom is 0.231 e. The SMILES string of the molecule is C.COCc1ccc2c(c1)OCO2. The first kappa shape index (κ1) is 9.86. The summed E-state index contributed by atoms with van der Waals surface area (Å²) < 4.78 is 15.4. The summed E-state index contributed by atoms with van der Waals surface area (Å²) in [5, 5.41) is 0. The van der Waals surface area contributed by atoms with Crippen molar-refractivity contribution in [2.24, 2.45) is 0 Å². The van der Waals surface area contributed by atoms with Crippen LogP contribution >= 0.6 is 0 Å². The van der Waals surface area contributed by atoms with Gasteiger partial charge in [0.2, 0.25) is 6.79 Å². The second-order valence-electron chi connectivity index (χ2n) is 2.62. The maximum atomic E-state index is 5.21. The molecule has 1 aliphatic rings. The molecule has 3 heteroatoms. The Labute approximate surface area is 78.2 Å². The van der Waals surface area contributed by atoms with Crippen LogP contribution < -0.4 is 9.47 Å². The highest BCUT2D eigenvalue weighted by Gasteiger charge is 2.12. The van der Waals surface area contributed by atoms with Gasteiger partial charge in [0.05, 0.1) is 6.61 Å². The second-order valence-corrected chi connectivity index (χ2v) is 2.62. The van der Waals surface area contributed by atoms with Gasteiger partial charge in [0, 0.05) is 7.11 Å². The van der Waals surface area contributed by atoms with E-state index in [0.717, 1.165) is 17.1 Å². The van der Waals surface area contributed by atoms with Crippen LogP contribution in [0, 0.1) is 0 Å². The average molecular weight is 182 g/mol. The highest BCUT2D eigenvalue weighted by atomic mass is 16.7. The van der Waals surface area contributed by atoms with Crippen molar-refractivity contribution in [3.63, 3.8) is 0 Å². The molecular weight excluding hydrogens is 168 g/mol. The molecule has 3 nitrogen and oxygen atoms in total. The molecule has 0 saturated carbocycles. The quantitative estimate of drug-likeness (QED) is 0.701. The largest absolute Gasteiger partial charge is 0.454 e. The number of methoxy groups -OCH3 is 1. The van der Waals surface area contributed by atoms with E-state index in [1.54, 1.807) is 7.11 Å². The molecule has 0 unspecified atom stereocenters. The van der Waals surface area contributed by atoms with E-state index in [0.29, 0.717) is 13.4 Å². The molecule has 0 fully saturated rings. The van der Waals surface area contributed by atoms with Crippen LogP contribution in [0.1, 0.15) is 13.0 Å². The minimum Gasteiger partial charge on any atom is -0.454 e. The Bertz CT molecular complexity index is 283. The van der Waals surface area contributed by atoms with Gasteiger partial charge in [0.1, 0.15) is 0 Å². The summed E-state index contributed by atoms with van der Waals surface area (Å²) in [6, 6.07) is 5.81. The lowest BCUT2D eigenvalue weighted by Gasteiger charge is -2.00. The summed E-state index contributed by atoms with van der Waals surface area (Å²) in [6.45, 7) is 0.933. The molecule has 0 spiro atoms. The zero-order chi connectivity index (χ0) is 8.39. The fraction of sp³-hybridized carbons (Fsp3) is 0.400. The normalized spacial score (nSPS) is 12.4. The molecule has 0 atom stereocenters. The first-order chi connectivity index (χ1) is 5.90. The van der Waals surface area contributed by atoms with Crippen molar-refractivity contribution in [1.82, 2.24) is 0 Å². The smallest absolute Gasteiger partial charge is 0.231 e. The summed E-state index contributed by atoms with van der Waals surface area (Å²) in [4.78, 5) is 0. The van der Waals surface area contributed by atoms with Crippen LogP contribution in [-0.4, -0.2) is 13.9 Å². The van der Waals surface area contributed by atoms with E-state index in [9.17, 15) is 0 Å². The Kier molecular flexibility index (Phi) is 3.14. The van der Waals surface area contributed by atoms with Crippen LogP contribution in [0.3, 0.4) is 0 Å². The summed E-state index contributed by atoms with van der Waals surface area (Å²) >= 11 is 0. The molecule has 0 radical (unpaired) electrons. The topological polar surface area (TPSA) is 27.7 Å². The molecule has 1 aliphatic heterocycles. The lowest BCUT2D eigenvalue weighted by Crippen LogP contribution is -1.93. The zero-order valence-corrected chi connectivity index (χ0v) is 6.87. The van der Waals surface area contributed by atoms with Gasteiger partial charge in [0.25, 0.3) is 0 Å². The molecule has 0 aliphatic carbocycles. The van der Waals surface area contributed by atoms with E-state index in [2.05, 4.69) is 0 Å². The van der Waals surface area contributed by atoms with Gasteiger partial charge >= 0.3 is 0 Å². The molecule has 0 amide bonds. The van der Waals surface area contributed by atoms with Gasteiger partial charge in [-0.2, -0.15) is 0 Å². The summed E-state index contributed by atoms with van der Waals surface area (Å²) in [7, 11) is 1.67. The second kappa shape index (κ2) is 4.14. The van der Waals surface area contributed by atoms with Crippen LogP contribution in [0.15, 0.2) is 18.2 Å². The Hall–Kier alpha value is -1.22. The van der Waals surface area contributed by atoms with Gasteiger partial charge in [-0.15, -0.1) is 0 Å². The first-order valence-corrected chi connectivity index (χ1v) is 3.77. The third-order valence-corrected chi connectivity index (χ3v) is 1.75. The molecule has 1 heterocycles. The van der Waals surface area contributed by atoms with E-state index in [4.69, 9.17) is 14.2 Å². The minimum absolute atomic E-state index is 0. The average Bonchev–Trinajstić information content (AvgIpc) is 2.51. The van der Waals surface area contributed by atoms with Gasteiger partial charge in [-0.25, -0.2) is 0 Å². The predicted molar refractivity (Wildman–Crippen MR) is 50.0 cm³/mol. The number of benzene rings is 1. The van der Waals surface area contributed by atoms with Crippen LogP contribution in [0.5, 0.6) is 11.5 Å². The molecule has 1 aromatic rings. The van der Waals surface area contributed by atoms with Gasteiger partial charge in [-0.1, -0.05) is 13.5 Å². The maximum absolute atomic E-state index is 5.21. The molecule has 0 saturated heterocycles. The van der Waals surface area contributed by atoms with E-state index in [1.807, 2.05) is 18.2 Å². The minimum atomic E-state index is 0. The fourth-order valence-corrected chi connectivity index (χ4v) is 1.20. The van der Waals surface area contributed by atoms with Gasteiger partial charge in [0.15, 0.2) is 11.5 Å². The van der Waals surface area contributed by atoms with E-state index in [1.165, 1.54) is 0 Å². The Morgan fingerprint density at radius 2 is 2.08 bits per heavy atom. The summed E-state index contributed by atoms with van der Waals surface area (Å²) in [5.74, 6) is 1.62. The molecule has 13 heavy (non-hydrogen) atoms. The molecule has 0 N–H and O–H groups in total. The van der Waals surface area contributed by atoms with Crippen LogP contribution in [0.25, 0.3) is 0 Å². The van der Waals surface area contributed by atoms with Crippen molar-refractivity contribution in [3.05, 3.63) is 23.8 Å². The van der Waals surface area contributed by atoms with Crippen molar-refractivity contribution in [3.8, 4) is 11.5 Å². The number of hydrogen-bond donors (Lipinski definition) is 0. The number of fused-ring (bicyclic) bond motifs is 1.